The van der Waals surface area contributed by atoms with Gasteiger partial charge in [0.1, 0.15) is 11.9 Å². The summed E-state index contributed by atoms with van der Waals surface area (Å²) in [5, 5.41) is 12.5. The van der Waals surface area contributed by atoms with E-state index in [1.165, 1.54) is 5.56 Å². The van der Waals surface area contributed by atoms with Gasteiger partial charge in [-0.15, -0.1) is 0 Å². The highest BCUT2D eigenvalue weighted by molar-refractivity contribution is 5.74. The Bertz CT molecular complexity index is 846. The van der Waals surface area contributed by atoms with Gasteiger partial charge in [0.15, 0.2) is 0 Å². The maximum Gasteiger partial charge on any atom is 0.317 e. The standard InChI is InChI=1S/C23H29N5O/c1-18(2)21(19-8-4-3-5-9-19)17-26-23(29)28-13-7-12-27(14-15-28)22-20(16-24)10-6-11-25-22/h3-6,8-11,18,21H,7,12-15,17H2,1-2H3,(H,26,29). The average Bonchev–Trinajstić information content (AvgIpc) is 3.00. The van der Waals surface area contributed by atoms with Gasteiger partial charge in [-0.1, -0.05) is 44.2 Å². The van der Waals surface area contributed by atoms with Crippen molar-refractivity contribution in [2.24, 2.45) is 5.92 Å². The number of nitrogens with one attached hydrogen (secondary N) is 1. The summed E-state index contributed by atoms with van der Waals surface area (Å²) >= 11 is 0. The molecule has 0 radical (unpaired) electrons. The second-order valence-electron chi connectivity index (χ2n) is 7.76. The lowest BCUT2D eigenvalue weighted by atomic mass is 9.88. The number of carbonyl (C=O) groups is 1. The third-order valence-electron chi connectivity index (χ3n) is 5.50. The number of hydrogen-bond donors (Lipinski definition) is 1. The Morgan fingerprint density at radius 2 is 1.93 bits per heavy atom. The highest BCUT2D eigenvalue weighted by Gasteiger charge is 2.23. The van der Waals surface area contributed by atoms with Crippen LogP contribution < -0.4 is 10.2 Å². The van der Waals surface area contributed by atoms with Gasteiger partial charge in [0.05, 0.1) is 5.56 Å². The smallest absolute Gasteiger partial charge is 0.317 e. The van der Waals surface area contributed by atoms with E-state index < -0.39 is 0 Å². The molecule has 1 aromatic heterocycles. The first kappa shape index (κ1) is 20.7. The molecule has 1 aromatic carbocycles. The van der Waals surface area contributed by atoms with Crippen LogP contribution in [0.25, 0.3) is 0 Å². The molecule has 1 N–H and O–H groups in total. The second kappa shape index (κ2) is 9.92. The second-order valence-corrected chi connectivity index (χ2v) is 7.76. The van der Waals surface area contributed by atoms with E-state index in [4.69, 9.17) is 0 Å². The summed E-state index contributed by atoms with van der Waals surface area (Å²) in [5.41, 5.74) is 1.83. The Hall–Kier alpha value is -3.07. The van der Waals surface area contributed by atoms with Crippen LogP contribution in [0.15, 0.2) is 48.7 Å². The molecule has 1 aliphatic heterocycles. The first-order chi connectivity index (χ1) is 14.1. The molecule has 6 nitrogen and oxygen atoms in total. The van der Waals surface area contributed by atoms with E-state index in [-0.39, 0.29) is 11.9 Å². The lowest BCUT2D eigenvalue weighted by molar-refractivity contribution is 0.200. The van der Waals surface area contributed by atoms with E-state index >= 15 is 0 Å². The van der Waals surface area contributed by atoms with E-state index in [0.29, 0.717) is 43.5 Å². The van der Waals surface area contributed by atoms with Crippen LogP contribution in [0.3, 0.4) is 0 Å². The molecule has 2 aromatic rings. The molecule has 0 bridgehead atoms. The number of carbonyl (C=O) groups excluding carboxylic acids is 1. The maximum absolute atomic E-state index is 12.8. The predicted octanol–water partition coefficient (Wildman–Crippen LogP) is 3.61. The maximum atomic E-state index is 12.8. The molecular weight excluding hydrogens is 362 g/mol. The lowest BCUT2D eigenvalue weighted by Gasteiger charge is -2.26. The summed E-state index contributed by atoms with van der Waals surface area (Å²) in [4.78, 5) is 21.2. The van der Waals surface area contributed by atoms with Crippen LogP contribution in [0, 0.1) is 17.2 Å². The topological polar surface area (TPSA) is 72.3 Å². The average molecular weight is 392 g/mol. The van der Waals surface area contributed by atoms with Crippen molar-refractivity contribution in [2.75, 3.05) is 37.6 Å². The van der Waals surface area contributed by atoms with Gasteiger partial charge in [-0.3, -0.25) is 0 Å². The lowest BCUT2D eigenvalue weighted by Crippen LogP contribution is -2.43. The van der Waals surface area contributed by atoms with Gasteiger partial charge in [0, 0.05) is 44.8 Å². The molecule has 2 heterocycles. The SMILES string of the molecule is CC(C)C(CNC(=O)N1CCCN(c2ncccc2C#N)CC1)c1ccccc1. The highest BCUT2D eigenvalue weighted by Crippen LogP contribution is 2.23. The number of anilines is 1. The van der Waals surface area contributed by atoms with Crippen molar-refractivity contribution in [1.29, 1.82) is 5.26 Å². The van der Waals surface area contributed by atoms with Crippen LogP contribution in [-0.4, -0.2) is 48.6 Å². The van der Waals surface area contributed by atoms with Crippen LogP contribution in [0.5, 0.6) is 0 Å². The van der Waals surface area contributed by atoms with Crippen molar-refractivity contribution in [3.05, 3.63) is 59.8 Å². The first-order valence-electron chi connectivity index (χ1n) is 10.3. The normalized spacial score (nSPS) is 15.5. The molecule has 0 spiro atoms. The molecule has 29 heavy (non-hydrogen) atoms. The molecule has 152 valence electrons. The Morgan fingerprint density at radius 1 is 1.14 bits per heavy atom. The number of nitriles is 1. The fourth-order valence-electron chi connectivity index (χ4n) is 3.82. The first-order valence-corrected chi connectivity index (χ1v) is 10.3. The summed E-state index contributed by atoms with van der Waals surface area (Å²) < 4.78 is 0. The number of benzene rings is 1. The summed E-state index contributed by atoms with van der Waals surface area (Å²) in [6, 6.07) is 16.1. The zero-order valence-electron chi connectivity index (χ0n) is 17.2. The van der Waals surface area contributed by atoms with E-state index in [2.05, 4.69) is 47.3 Å². The van der Waals surface area contributed by atoms with Gasteiger partial charge in [-0.2, -0.15) is 5.26 Å². The van der Waals surface area contributed by atoms with Gasteiger partial charge in [0.25, 0.3) is 0 Å². The fourth-order valence-corrected chi connectivity index (χ4v) is 3.82. The minimum Gasteiger partial charge on any atom is -0.354 e. The van der Waals surface area contributed by atoms with Crippen molar-refractivity contribution < 1.29 is 4.79 Å². The molecule has 2 amide bonds. The molecule has 1 atom stereocenters. The number of nitrogens with zero attached hydrogens (tertiary/aromatic N) is 4. The Kier molecular flexibility index (Phi) is 7.07. The quantitative estimate of drug-likeness (QED) is 0.845. The van der Waals surface area contributed by atoms with Crippen LogP contribution in [0.4, 0.5) is 10.6 Å². The van der Waals surface area contributed by atoms with Gasteiger partial charge < -0.3 is 15.1 Å². The van der Waals surface area contributed by atoms with Crippen molar-refractivity contribution in [2.45, 2.75) is 26.2 Å². The summed E-state index contributed by atoms with van der Waals surface area (Å²) in [6.07, 6.45) is 2.56. The van der Waals surface area contributed by atoms with Crippen molar-refractivity contribution in [3.63, 3.8) is 0 Å². The number of urea groups is 1. The Morgan fingerprint density at radius 3 is 2.66 bits per heavy atom. The molecule has 1 fully saturated rings. The molecule has 1 unspecified atom stereocenters. The van der Waals surface area contributed by atoms with Gasteiger partial charge in [-0.05, 0) is 30.0 Å². The molecule has 1 aliphatic rings. The zero-order valence-corrected chi connectivity index (χ0v) is 17.2. The van der Waals surface area contributed by atoms with Crippen LogP contribution in [0.1, 0.15) is 37.3 Å². The highest BCUT2D eigenvalue weighted by atomic mass is 16.2. The van der Waals surface area contributed by atoms with Gasteiger partial charge >= 0.3 is 6.03 Å². The molecule has 0 saturated carbocycles. The zero-order chi connectivity index (χ0) is 20.6. The molecule has 6 heteroatoms. The van der Waals surface area contributed by atoms with Crippen molar-refractivity contribution >= 4 is 11.8 Å². The molecular formula is C23H29N5O. The number of hydrogen-bond acceptors (Lipinski definition) is 4. The monoisotopic (exact) mass is 391 g/mol. The summed E-state index contributed by atoms with van der Waals surface area (Å²) in [6.45, 7) is 7.78. The largest absolute Gasteiger partial charge is 0.354 e. The van der Waals surface area contributed by atoms with E-state index in [1.807, 2.05) is 23.1 Å². The number of pyridine rings is 1. The number of aromatic nitrogens is 1. The molecule has 3 rings (SSSR count). The van der Waals surface area contributed by atoms with Crippen LogP contribution in [-0.2, 0) is 0 Å². The predicted molar refractivity (Wildman–Crippen MR) is 115 cm³/mol. The van der Waals surface area contributed by atoms with E-state index in [9.17, 15) is 10.1 Å². The minimum atomic E-state index is -0.0186. The van der Waals surface area contributed by atoms with Crippen molar-refractivity contribution in [3.8, 4) is 6.07 Å². The molecule has 0 aliphatic carbocycles. The third kappa shape index (κ3) is 5.26. The van der Waals surface area contributed by atoms with Gasteiger partial charge in [-0.25, -0.2) is 9.78 Å². The van der Waals surface area contributed by atoms with E-state index in [1.54, 1.807) is 18.3 Å². The minimum absolute atomic E-state index is 0.0186. The third-order valence-corrected chi connectivity index (χ3v) is 5.50. The van der Waals surface area contributed by atoms with E-state index in [0.717, 1.165) is 13.0 Å². The Balaban J connectivity index is 1.59. The number of amides is 2. The van der Waals surface area contributed by atoms with Crippen LogP contribution >= 0.6 is 0 Å². The van der Waals surface area contributed by atoms with Gasteiger partial charge in [0.2, 0.25) is 0 Å². The fraction of sp³-hybridized carbons (Fsp3) is 0.435. The van der Waals surface area contributed by atoms with Crippen molar-refractivity contribution in [1.82, 2.24) is 15.2 Å². The molecule has 1 saturated heterocycles. The summed E-state index contributed by atoms with van der Waals surface area (Å²) in [7, 11) is 0. The number of rotatable bonds is 5. The summed E-state index contributed by atoms with van der Waals surface area (Å²) in [5.74, 6) is 1.43. The van der Waals surface area contributed by atoms with Crippen LogP contribution in [0.2, 0.25) is 0 Å². The Labute approximate surface area is 173 Å².